The van der Waals surface area contributed by atoms with Gasteiger partial charge in [0.15, 0.2) is 10.6 Å². The molecule has 0 saturated heterocycles. The van der Waals surface area contributed by atoms with Crippen LogP contribution in [-0.2, 0) is 0 Å². The minimum Gasteiger partial charge on any atom is -0.487 e. The summed E-state index contributed by atoms with van der Waals surface area (Å²) in [7, 11) is 0. The molecule has 5 rings (SSSR count). The minimum atomic E-state index is -0.483. The van der Waals surface area contributed by atoms with E-state index in [9.17, 15) is 14.9 Å². The van der Waals surface area contributed by atoms with Gasteiger partial charge in [0, 0.05) is 10.5 Å². The highest BCUT2D eigenvalue weighted by Crippen LogP contribution is 2.29. The zero-order valence-corrected chi connectivity index (χ0v) is 21.5. The molecule has 1 aromatic heterocycles. The lowest BCUT2D eigenvalue weighted by Gasteiger charge is -2.19. The van der Waals surface area contributed by atoms with E-state index in [1.807, 2.05) is 60.7 Å². The first-order chi connectivity index (χ1) is 17.4. The van der Waals surface area contributed by atoms with Crippen LogP contribution in [0.5, 0.6) is 5.75 Å². The van der Waals surface area contributed by atoms with Crippen molar-refractivity contribution >= 4 is 44.7 Å². The Bertz CT molecular complexity index is 1660. The van der Waals surface area contributed by atoms with E-state index in [4.69, 9.17) is 9.73 Å². The summed E-state index contributed by atoms with van der Waals surface area (Å²) in [6.07, 6.45) is 3.66. The standard InChI is InChI=1S/C27H20BrN3O4S/c1-2-35-24-13-8-17(14-23(24)31(33)34)15-25-26(32)30-22(19-9-11-20(28)12-10-19)16-21(29-27(30)36-25)18-6-4-3-5-7-18/h3-16,22H,2H2,1H3. The van der Waals surface area contributed by atoms with Crippen LogP contribution < -0.4 is 19.6 Å². The lowest BCUT2D eigenvalue weighted by Crippen LogP contribution is -2.36. The van der Waals surface area contributed by atoms with Crippen molar-refractivity contribution in [2.45, 2.75) is 13.0 Å². The van der Waals surface area contributed by atoms with E-state index < -0.39 is 4.92 Å². The molecule has 7 nitrogen and oxygen atoms in total. The highest BCUT2D eigenvalue weighted by atomic mass is 79.9. The summed E-state index contributed by atoms with van der Waals surface area (Å²) < 4.78 is 8.44. The molecule has 1 aliphatic heterocycles. The maximum atomic E-state index is 13.6. The number of hydrogen-bond acceptors (Lipinski definition) is 6. The van der Waals surface area contributed by atoms with Gasteiger partial charge in [-0.1, -0.05) is 75.8 Å². The lowest BCUT2D eigenvalue weighted by molar-refractivity contribution is -0.385. The van der Waals surface area contributed by atoms with E-state index in [1.54, 1.807) is 29.7 Å². The highest BCUT2D eigenvalue weighted by Gasteiger charge is 2.23. The Morgan fingerprint density at radius 2 is 1.89 bits per heavy atom. The first-order valence-corrected chi connectivity index (χ1v) is 12.8. The molecule has 2 heterocycles. The number of nitro benzene ring substituents is 1. The van der Waals surface area contributed by atoms with E-state index in [-0.39, 0.29) is 23.0 Å². The van der Waals surface area contributed by atoms with E-state index in [0.29, 0.717) is 21.5 Å². The van der Waals surface area contributed by atoms with Crippen molar-refractivity contribution in [3.05, 3.63) is 130 Å². The van der Waals surface area contributed by atoms with Crippen LogP contribution >= 0.6 is 27.3 Å². The fourth-order valence-electron chi connectivity index (χ4n) is 4.05. The summed E-state index contributed by atoms with van der Waals surface area (Å²) in [6, 6.07) is 22.0. The van der Waals surface area contributed by atoms with Gasteiger partial charge in [0.05, 0.1) is 27.8 Å². The molecule has 3 aromatic carbocycles. The van der Waals surface area contributed by atoms with Crippen molar-refractivity contribution in [1.29, 1.82) is 0 Å². The molecule has 0 saturated carbocycles. The van der Waals surface area contributed by atoms with Gasteiger partial charge in [-0.25, -0.2) is 4.99 Å². The number of hydrogen-bond donors (Lipinski definition) is 0. The van der Waals surface area contributed by atoms with Crippen molar-refractivity contribution in [2.24, 2.45) is 4.99 Å². The molecule has 36 heavy (non-hydrogen) atoms. The van der Waals surface area contributed by atoms with Crippen LogP contribution in [0, 0.1) is 10.1 Å². The Labute approximate surface area is 218 Å². The van der Waals surface area contributed by atoms with Gasteiger partial charge in [-0.05, 0) is 54.0 Å². The number of allylic oxidation sites excluding steroid dienone is 1. The van der Waals surface area contributed by atoms with Gasteiger partial charge in [0.1, 0.15) is 0 Å². The second-order valence-electron chi connectivity index (χ2n) is 8.01. The molecule has 0 N–H and O–H groups in total. The predicted molar refractivity (Wildman–Crippen MR) is 144 cm³/mol. The Balaban J connectivity index is 1.68. The SMILES string of the molecule is CCOc1ccc(C=c2sc3n(c2=O)C(c2ccc(Br)cc2)C=C(c2ccccc2)N=3)cc1[N+](=O)[O-]. The Morgan fingerprint density at radius 3 is 2.58 bits per heavy atom. The van der Waals surface area contributed by atoms with Crippen molar-refractivity contribution in [1.82, 2.24) is 4.57 Å². The van der Waals surface area contributed by atoms with Gasteiger partial charge < -0.3 is 4.74 Å². The average Bonchev–Trinajstić information content (AvgIpc) is 3.20. The van der Waals surface area contributed by atoms with Crippen LogP contribution in [-0.4, -0.2) is 16.1 Å². The summed E-state index contributed by atoms with van der Waals surface area (Å²) in [5.74, 6) is 0.198. The molecule has 1 unspecified atom stereocenters. The Hall–Kier alpha value is -3.82. The lowest BCUT2D eigenvalue weighted by atomic mass is 10.0. The molecule has 0 spiro atoms. The quantitative estimate of drug-likeness (QED) is 0.243. The molecule has 1 atom stereocenters. The van der Waals surface area contributed by atoms with Gasteiger partial charge in [0.25, 0.3) is 5.56 Å². The third-order valence-electron chi connectivity index (χ3n) is 5.71. The van der Waals surface area contributed by atoms with Crippen molar-refractivity contribution in [2.75, 3.05) is 6.61 Å². The molecule has 0 bridgehead atoms. The fraction of sp³-hybridized carbons (Fsp3) is 0.111. The van der Waals surface area contributed by atoms with Gasteiger partial charge in [-0.15, -0.1) is 0 Å². The predicted octanol–water partition coefficient (Wildman–Crippen LogP) is 5.07. The first-order valence-electron chi connectivity index (χ1n) is 11.2. The number of thiazole rings is 1. The zero-order valence-electron chi connectivity index (χ0n) is 19.1. The summed E-state index contributed by atoms with van der Waals surface area (Å²) in [5, 5.41) is 11.5. The van der Waals surface area contributed by atoms with Crippen LogP contribution in [0.2, 0.25) is 0 Å². The zero-order chi connectivity index (χ0) is 25.2. The molecule has 180 valence electrons. The second-order valence-corrected chi connectivity index (χ2v) is 9.94. The third kappa shape index (κ3) is 4.67. The van der Waals surface area contributed by atoms with Gasteiger partial charge >= 0.3 is 5.69 Å². The number of rotatable bonds is 6. The summed E-state index contributed by atoms with van der Waals surface area (Å²) in [5.41, 5.74) is 2.89. The van der Waals surface area contributed by atoms with Crippen molar-refractivity contribution in [3.8, 4) is 5.75 Å². The van der Waals surface area contributed by atoms with Crippen LogP contribution in [0.1, 0.15) is 29.7 Å². The maximum absolute atomic E-state index is 13.6. The monoisotopic (exact) mass is 561 g/mol. The molecule has 0 fully saturated rings. The maximum Gasteiger partial charge on any atom is 0.311 e. The Morgan fingerprint density at radius 1 is 1.14 bits per heavy atom. The molecule has 9 heteroatoms. The van der Waals surface area contributed by atoms with Crippen molar-refractivity contribution < 1.29 is 9.66 Å². The minimum absolute atomic E-state index is 0.141. The topological polar surface area (TPSA) is 86.7 Å². The number of nitro groups is 1. The highest BCUT2D eigenvalue weighted by molar-refractivity contribution is 9.10. The van der Waals surface area contributed by atoms with Crippen LogP contribution in [0.25, 0.3) is 11.8 Å². The molecule has 4 aromatic rings. The number of aromatic nitrogens is 1. The smallest absolute Gasteiger partial charge is 0.311 e. The largest absolute Gasteiger partial charge is 0.487 e. The van der Waals surface area contributed by atoms with E-state index in [1.165, 1.54) is 17.4 Å². The fourth-order valence-corrected chi connectivity index (χ4v) is 5.33. The van der Waals surface area contributed by atoms with Crippen LogP contribution in [0.4, 0.5) is 5.69 Å². The van der Waals surface area contributed by atoms with E-state index in [0.717, 1.165) is 21.3 Å². The average molecular weight is 562 g/mol. The number of ether oxygens (including phenoxy) is 1. The first kappa shape index (κ1) is 23.9. The van der Waals surface area contributed by atoms with Gasteiger partial charge in [-0.2, -0.15) is 0 Å². The van der Waals surface area contributed by atoms with Crippen molar-refractivity contribution in [3.63, 3.8) is 0 Å². The molecular formula is C27H20BrN3O4S. The normalized spacial score (nSPS) is 15.1. The van der Waals surface area contributed by atoms with Gasteiger partial charge in [0.2, 0.25) is 0 Å². The summed E-state index contributed by atoms with van der Waals surface area (Å²) in [6.45, 7) is 2.09. The summed E-state index contributed by atoms with van der Waals surface area (Å²) in [4.78, 5) is 30.0. The third-order valence-corrected chi connectivity index (χ3v) is 7.22. The molecular weight excluding hydrogens is 542 g/mol. The number of benzene rings is 3. The molecule has 1 aliphatic rings. The number of nitrogens with zero attached hydrogens (tertiary/aromatic N) is 3. The van der Waals surface area contributed by atoms with Gasteiger partial charge in [-0.3, -0.25) is 19.5 Å². The number of fused-ring (bicyclic) bond motifs is 1. The molecule has 0 amide bonds. The Kier molecular flexibility index (Phi) is 6.67. The summed E-state index contributed by atoms with van der Waals surface area (Å²) >= 11 is 4.74. The van der Waals surface area contributed by atoms with E-state index >= 15 is 0 Å². The number of halogens is 1. The molecule has 0 radical (unpaired) electrons. The molecule has 0 aliphatic carbocycles. The van der Waals surface area contributed by atoms with Crippen LogP contribution in [0.3, 0.4) is 0 Å². The second kappa shape index (κ2) is 10.0. The van der Waals surface area contributed by atoms with Crippen LogP contribution in [0.15, 0.2) is 93.1 Å². The van der Waals surface area contributed by atoms with E-state index in [2.05, 4.69) is 15.9 Å².